The third-order valence-corrected chi connectivity index (χ3v) is 6.27. The van der Waals surface area contributed by atoms with Crippen LogP contribution in [0.2, 0.25) is 0 Å². The molecule has 4 nitrogen and oxygen atoms in total. The van der Waals surface area contributed by atoms with Gasteiger partial charge >= 0.3 is 0 Å². The molecular weight excluding hydrogens is 326 g/mol. The summed E-state index contributed by atoms with van der Waals surface area (Å²) >= 11 is 3.68. The summed E-state index contributed by atoms with van der Waals surface area (Å²) < 4.78 is 0. The highest BCUT2D eigenvalue weighted by molar-refractivity contribution is 7.99. The minimum absolute atomic E-state index is 0.283. The molecule has 130 valence electrons. The average Bonchev–Trinajstić information content (AvgIpc) is 3.08. The molecule has 1 aromatic rings. The molecule has 2 rings (SSSR count). The molecule has 1 aliphatic heterocycles. The SMILES string of the molecule is CCN(CC)CCN(Cc1cccs1)C(=O)CC1CSCCN1. The first kappa shape index (κ1) is 18.8. The van der Waals surface area contributed by atoms with Crippen molar-refractivity contribution >= 4 is 29.0 Å². The van der Waals surface area contributed by atoms with Crippen LogP contribution in [-0.4, -0.2) is 66.0 Å². The molecule has 0 radical (unpaired) electrons. The number of rotatable bonds is 9. The van der Waals surface area contributed by atoms with Gasteiger partial charge in [-0.05, 0) is 24.5 Å². The van der Waals surface area contributed by atoms with Crippen LogP contribution in [0.15, 0.2) is 17.5 Å². The standard InChI is InChI=1S/C17H29N3OS2/c1-3-19(4-2)8-9-20(13-16-6-5-10-23-16)17(21)12-15-14-22-11-7-18-15/h5-6,10,15,18H,3-4,7-9,11-14H2,1-2H3. The van der Waals surface area contributed by atoms with Crippen molar-refractivity contribution in [3.8, 4) is 0 Å². The van der Waals surface area contributed by atoms with E-state index in [-0.39, 0.29) is 5.91 Å². The number of thiophene rings is 1. The van der Waals surface area contributed by atoms with Gasteiger partial charge in [0.05, 0.1) is 6.54 Å². The van der Waals surface area contributed by atoms with Gasteiger partial charge in [0.1, 0.15) is 0 Å². The second-order valence-electron chi connectivity index (χ2n) is 5.85. The lowest BCUT2D eigenvalue weighted by Crippen LogP contribution is -2.44. The number of nitrogens with zero attached hydrogens (tertiary/aromatic N) is 2. The van der Waals surface area contributed by atoms with Crippen LogP contribution in [0, 0.1) is 0 Å². The molecule has 1 unspecified atom stereocenters. The maximum Gasteiger partial charge on any atom is 0.224 e. The van der Waals surface area contributed by atoms with Crippen molar-refractivity contribution in [3.63, 3.8) is 0 Å². The quantitative estimate of drug-likeness (QED) is 0.738. The number of nitrogens with one attached hydrogen (secondary N) is 1. The van der Waals surface area contributed by atoms with Crippen LogP contribution in [0.1, 0.15) is 25.1 Å². The topological polar surface area (TPSA) is 35.6 Å². The number of likely N-dealkylation sites (N-methyl/N-ethyl adjacent to an activating group) is 1. The number of amides is 1. The van der Waals surface area contributed by atoms with E-state index in [2.05, 4.69) is 41.6 Å². The summed E-state index contributed by atoms with van der Waals surface area (Å²) in [7, 11) is 0. The summed E-state index contributed by atoms with van der Waals surface area (Å²) in [4.78, 5) is 18.5. The van der Waals surface area contributed by atoms with Crippen LogP contribution < -0.4 is 5.32 Å². The zero-order chi connectivity index (χ0) is 16.5. The van der Waals surface area contributed by atoms with Gasteiger partial charge in [0.2, 0.25) is 5.91 Å². The Bertz CT molecular complexity index is 443. The van der Waals surface area contributed by atoms with Crippen molar-refractivity contribution in [3.05, 3.63) is 22.4 Å². The molecule has 1 atom stereocenters. The van der Waals surface area contributed by atoms with E-state index in [1.807, 2.05) is 16.7 Å². The number of carbonyl (C=O) groups is 1. The summed E-state index contributed by atoms with van der Waals surface area (Å²) in [5, 5.41) is 5.56. The Morgan fingerprint density at radius 3 is 2.78 bits per heavy atom. The summed E-state index contributed by atoms with van der Waals surface area (Å²) in [6.45, 7) is 9.98. The van der Waals surface area contributed by atoms with Crippen molar-refractivity contribution in [2.24, 2.45) is 0 Å². The Balaban J connectivity index is 1.91. The highest BCUT2D eigenvalue weighted by Gasteiger charge is 2.21. The Kier molecular flexibility index (Phi) is 8.44. The minimum atomic E-state index is 0.283. The molecule has 1 N–H and O–H groups in total. The van der Waals surface area contributed by atoms with Crippen molar-refractivity contribution in [1.29, 1.82) is 0 Å². The first-order valence-electron chi connectivity index (χ1n) is 8.56. The normalized spacial score (nSPS) is 18.3. The molecule has 0 bridgehead atoms. The Hall–Kier alpha value is -0.560. The second kappa shape index (κ2) is 10.3. The van der Waals surface area contributed by atoms with Crippen LogP contribution in [0.5, 0.6) is 0 Å². The van der Waals surface area contributed by atoms with Gasteiger partial charge in [-0.2, -0.15) is 11.8 Å². The third-order valence-electron chi connectivity index (χ3n) is 4.28. The van der Waals surface area contributed by atoms with Crippen LogP contribution in [0.4, 0.5) is 0 Å². The molecule has 0 aromatic carbocycles. The molecule has 1 amide bonds. The molecule has 0 aliphatic carbocycles. The maximum atomic E-state index is 12.8. The van der Waals surface area contributed by atoms with Crippen LogP contribution in [-0.2, 0) is 11.3 Å². The molecule has 6 heteroatoms. The molecule has 1 saturated heterocycles. The summed E-state index contributed by atoms with van der Waals surface area (Å²) in [6.07, 6.45) is 0.622. The van der Waals surface area contributed by atoms with Gasteiger partial charge in [-0.1, -0.05) is 19.9 Å². The van der Waals surface area contributed by atoms with E-state index in [4.69, 9.17) is 0 Å². The molecule has 1 aromatic heterocycles. The maximum absolute atomic E-state index is 12.8. The Morgan fingerprint density at radius 1 is 1.35 bits per heavy atom. The van der Waals surface area contributed by atoms with E-state index in [1.54, 1.807) is 11.3 Å². The van der Waals surface area contributed by atoms with Crippen molar-refractivity contribution in [1.82, 2.24) is 15.1 Å². The molecule has 1 fully saturated rings. The molecule has 1 aliphatic rings. The molecule has 0 saturated carbocycles. The van der Waals surface area contributed by atoms with Crippen molar-refractivity contribution < 1.29 is 4.79 Å². The second-order valence-corrected chi connectivity index (χ2v) is 8.03. The van der Waals surface area contributed by atoms with Crippen LogP contribution in [0.25, 0.3) is 0 Å². The van der Waals surface area contributed by atoms with E-state index in [0.717, 1.165) is 50.8 Å². The highest BCUT2D eigenvalue weighted by atomic mass is 32.2. The van der Waals surface area contributed by atoms with Gasteiger partial charge in [-0.25, -0.2) is 0 Å². The van der Waals surface area contributed by atoms with E-state index in [0.29, 0.717) is 12.5 Å². The molecular formula is C17H29N3OS2. The lowest BCUT2D eigenvalue weighted by atomic mass is 10.2. The van der Waals surface area contributed by atoms with E-state index in [1.165, 1.54) is 4.88 Å². The van der Waals surface area contributed by atoms with Crippen molar-refractivity contribution in [2.75, 3.05) is 44.2 Å². The van der Waals surface area contributed by atoms with Crippen molar-refractivity contribution in [2.45, 2.75) is 32.9 Å². The molecule has 23 heavy (non-hydrogen) atoms. The van der Waals surface area contributed by atoms with Gasteiger partial charge < -0.3 is 15.1 Å². The fraction of sp³-hybridized carbons (Fsp3) is 0.706. The van der Waals surface area contributed by atoms with Gasteiger partial charge in [-0.3, -0.25) is 4.79 Å². The fourth-order valence-corrected chi connectivity index (χ4v) is 4.44. The first-order valence-corrected chi connectivity index (χ1v) is 10.6. The summed E-state index contributed by atoms with van der Waals surface area (Å²) in [6, 6.07) is 4.52. The fourth-order valence-electron chi connectivity index (χ4n) is 2.78. The minimum Gasteiger partial charge on any atom is -0.336 e. The van der Waals surface area contributed by atoms with Gasteiger partial charge in [0, 0.05) is 48.5 Å². The zero-order valence-corrected chi connectivity index (χ0v) is 15.9. The van der Waals surface area contributed by atoms with Gasteiger partial charge in [-0.15, -0.1) is 11.3 Å². The first-order chi connectivity index (χ1) is 11.2. The van der Waals surface area contributed by atoms with Crippen LogP contribution >= 0.6 is 23.1 Å². The number of hydrogen-bond donors (Lipinski definition) is 1. The average molecular weight is 356 g/mol. The predicted octanol–water partition coefficient (Wildman–Crippen LogP) is 2.51. The molecule has 0 spiro atoms. The van der Waals surface area contributed by atoms with E-state index >= 15 is 0 Å². The molecule has 2 heterocycles. The Morgan fingerprint density at radius 2 is 2.17 bits per heavy atom. The van der Waals surface area contributed by atoms with Gasteiger partial charge in [0.15, 0.2) is 0 Å². The van der Waals surface area contributed by atoms with Gasteiger partial charge in [0.25, 0.3) is 0 Å². The van der Waals surface area contributed by atoms with E-state index in [9.17, 15) is 4.79 Å². The Labute approximate surface area is 148 Å². The smallest absolute Gasteiger partial charge is 0.224 e. The number of carbonyl (C=O) groups excluding carboxylic acids is 1. The zero-order valence-electron chi connectivity index (χ0n) is 14.3. The number of thioether (sulfide) groups is 1. The number of hydrogen-bond acceptors (Lipinski definition) is 5. The van der Waals surface area contributed by atoms with E-state index < -0.39 is 0 Å². The summed E-state index contributed by atoms with van der Waals surface area (Å²) in [5.74, 6) is 2.49. The third kappa shape index (κ3) is 6.45. The predicted molar refractivity (Wildman–Crippen MR) is 101 cm³/mol. The highest BCUT2D eigenvalue weighted by Crippen LogP contribution is 2.15. The lowest BCUT2D eigenvalue weighted by molar-refractivity contribution is -0.132. The monoisotopic (exact) mass is 355 g/mol. The van der Waals surface area contributed by atoms with Crippen LogP contribution in [0.3, 0.4) is 0 Å². The lowest BCUT2D eigenvalue weighted by Gasteiger charge is -2.29. The summed E-state index contributed by atoms with van der Waals surface area (Å²) in [5.41, 5.74) is 0. The largest absolute Gasteiger partial charge is 0.336 e.